The molecule has 144 valence electrons. The Bertz CT molecular complexity index is 955. The maximum Gasteiger partial charge on any atom is 0.255 e. The average Bonchev–Trinajstić information content (AvgIpc) is 3.01. The van der Waals surface area contributed by atoms with Crippen molar-refractivity contribution in [2.75, 3.05) is 19.0 Å². The van der Waals surface area contributed by atoms with Crippen LogP contribution in [0.3, 0.4) is 0 Å². The van der Waals surface area contributed by atoms with Gasteiger partial charge in [-0.3, -0.25) is 4.79 Å². The molecule has 2 aromatic carbocycles. The van der Waals surface area contributed by atoms with Gasteiger partial charge >= 0.3 is 0 Å². The zero-order valence-corrected chi connectivity index (χ0v) is 16.2. The van der Waals surface area contributed by atoms with E-state index in [4.69, 9.17) is 9.47 Å². The fourth-order valence-electron chi connectivity index (χ4n) is 2.91. The highest BCUT2D eigenvalue weighted by Gasteiger charge is 2.23. The van der Waals surface area contributed by atoms with Crippen molar-refractivity contribution >= 4 is 21.6 Å². The number of carbonyl (C=O) groups is 1. The van der Waals surface area contributed by atoms with Crippen molar-refractivity contribution in [3.05, 3.63) is 47.5 Å². The number of hydrogen-bond acceptors (Lipinski definition) is 5. The summed E-state index contributed by atoms with van der Waals surface area (Å²) in [6.07, 6.45) is 0.882. The van der Waals surface area contributed by atoms with Gasteiger partial charge in [-0.15, -0.1) is 0 Å². The van der Waals surface area contributed by atoms with Gasteiger partial charge < -0.3 is 14.8 Å². The molecule has 27 heavy (non-hydrogen) atoms. The number of rotatable bonds is 6. The van der Waals surface area contributed by atoms with Crippen molar-refractivity contribution in [2.24, 2.45) is 0 Å². The zero-order chi connectivity index (χ0) is 19.6. The van der Waals surface area contributed by atoms with E-state index in [1.165, 1.54) is 31.3 Å². The van der Waals surface area contributed by atoms with Crippen LogP contribution in [0.15, 0.2) is 41.3 Å². The molecule has 2 aromatic rings. The van der Waals surface area contributed by atoms with Gasteiger partial charge in [-0.2, -0.15) is 0 Å². The number of fused-ring (bicyclic) bond motifs is 1. The highest BCUT2D eigenvalue weighted by atomic mass is 32.2. The van der Waals surface area contributed by atoms with E-state index in [1.54, 1.807) is 6.07 Å². The summed E-state index contributed by atoms with van der Waals surface area (Å²) in [6.45, 7) is 4.33. The second-order valence-corrected chi connectivity index (χ2v) is 8.09. The maximum atomic E-state index is 12.6. The number of ether oxygens (including phenoxy) is 2. The summed E-state index contributed by atoms with van der Waals surface area (Å²) in [5.41, 5.74) is 1.90. The monoisotopic (exact) mass is 390 g/mol. The van der Waals surface area contributed by atoms with Crippen molar-refractivity contribution in [2.45, 2.75) is 31.3 Å². The van der Waals surface area contributed by atoms with Gasteiger partial charge in [0.15, 0.2) is 0 Å². The van der Waals surface area contributed by atoms with Crippen LogP contribution in [0.2, 0.25) is 0 Å². The Balaban J connectivity index is 1.84. The summed E-state index contributed by atoms with van der Waals surface area (Å²) in [7, 11) is -2.21. The summed E-state index contributed by atoms with van der Waals surface area (Å²) in [5.74, 6) is 0.948. The Morgan fingerprint density at radius 1 is 1.26 bits per heavy atom. The topological polar surface area (TPSA) is 93.7 Å². The Hall–Kier alpha value is -2.58. The lowest BCUT2D eigenvalue weighted by molar-refractivity contribution is 0.102. The largest absolute Gasteiger partial charge is 0.492 e. The highest BCUT2D eigenvalue weighted by Crippen LogP contribution is 2.38. The number of sulfonamides is 1. The summed E-state index contributed by atoms with van der Waals surface area (Å²) < 4.78 is 37.2. The van der Waals surface area contributed by atoms with Crippen LogP contribution in [0.4, 0.5) is 5.69 Å². The predicted octanol–water partition coefficient (Wildman–Crippen LogP) is 2.57. The standard InChI is InChI=1S/C19H22N2O5S/c1-4-25-18-10-14-9-12(2)26-17(14)11-16(18)21-19(22)13-5-7-15(8-6-13)27(23,24)20-3/h5-8,10-12,20H,4,9H2,1-3H3,(H,21,22)/t12-/m1/s1. The molecule has 1 amide bonds. The molecular weight excluding hydrogens is 368 g/mol. The van der Waals surface area contributed by atoms with E-state index < -0.39 is 10.0 Å². The number of nitrogens with one attached hydrogen (secondary N) is 2. The molecule has 1 aliphatic rings. The maximum absolute atomic E-state index is 12.6. The third-order valence-electron chi connectivity index (χ3n) is 4.24. The molecular formula is C19H22N2O5S. The molecule has 8 heteroatoms. The van der Waals surface area contributed by atoms with Crippen molar-refractivity contribution < 1.29 is 22.7 Å². The summed E-state index contributed by atoms with van der Waals surface area (Å²) in [6, 6.07) is 9.36. The van der Waals surface area contributed by atoms with E-state index in [1.807, 2.05) is 19.9 Å². The molecule has 1 atom stereocenters. The van der Waals surface area contributed by atoms with E-state index in [-0.39, 0.29) is 16.9 Å². The van der Waals surface area contributed by atoms with Crippen LogP contribution in [0.25, 0.3) is 0 Å². The lowest BCUT2D eigenvalue weighted by atomic mass is 10.1. The Morgan fingerprint density at radius 2 is 1.96 bits per heavy atom. The first kappa shape index (κ1) is 19.2. The third-order valence-corrected chi connectivity index (χ3v) is 5.67. The molecule has 0 radical (unpaired) electrons. The molecule has 0 fully saturated rings. The third kappa shape index (κ3) is 4.06. The molecule has 3 rings (SSSR count). The van der Waals surface area contributed by atoms with Gasteiger partial charge in [-0.1, -0.05) is 0 Å². The minimum atomic E-state index is -3.54. The smallest absolute Gasteiger partial charge is 0.255 e. The van der Waals surface area contributed by atoms with Crippen LogP contribution < -0.4 is 19.5 Å². The van der Waals surface area contributed by atoms with Gasteiger partial charge in [0, 0.05) is 23.6 Å². The highest BCUT2D eigenvalue weighted by molar-refractivity contribution is 7.89. The van der Waals surface area contributed by atoms with E-state index in [0.717, 1.165) is 17.7 Å². The quantitative estimate of drug-likeness (QED) is 0.791. The van der Waals surface area contributed by atoms with Gasteiger partial charge in [-0.05, 0) is 51.2 Å². The van der Waals surface area contributed by atoms with Crippen molar-refractivity contribution in [1.29, 1.82) is 0 Å². The van der Waals surface area contributed by atoms with Crippen LogP contribution in [0, 0.1) is 0 Å². The fraction of sp³-hybridized carbons (Fsp3) is 0.316. The van der Waals surface area contributed by atoms with E-state index in [9.17, 15) is 13.2 Å². The minimum absolute atomic E-state index is 0.0853. The SMILES string of the molecule is CCOc1cc2c(cc1NC(=O)c1ccc(S(=O)(=O)NC)cc1)O[C@H](C)C2. The number of amides is 1. The van der Waals surface area contributed by atoms with Crippen LogP contribution in [0.1, 0.15) is 29.8 Å². The number of hydrogen-bond donors (Lipinski definition) is 2. The summed E-state index contributed by atoms with van der Waals surface area (Å²) in [5, 5.41) is 2.82. The molecule has 1 aliphatic heterocycles. The molecule has 0 spiro atoms. The second-order valence-electron chi connectivity index (χ2n) is 6.21. The minimum Gasteiger partial charge on any atom is -0.492 e. The van der Waals surface area contributed by atoms with Gasteiger partial charge in [0.05, 0.1) is 17.2 Å². The second kappa shape index (κ2) is 7.58. The van der Waals surface area contributed by atoms with Gasteiger partial charge in [-0.25, -0.2) is 13.1 Å². The Kier molecular flexibility index (Phi) is 5.38. The van der Waals surface area contributed by atoms with E-state index >= 15 is 0 Å². The first-order valence-corrected chi connectivity index (χ1v) is 10.1. The molecule has 0 saturated heterocycles. The molecule has 0 aromatic heterocycles. The molecule has 2 N–H and O–H groups in total. The summed E-state index contributed by atoms with van der Waals surface area (Å²) in [4.78, 5) is 12.7. The molecule has 1 heterocycles. The molecule has 0 saturated carbocycles. The number of anilines is 1. The van der Waals surface area contributed by atoms with Crippen LogP contribution in [-0.4, -0.2) is 34.1 Å². The first-order chi connectivity index (χ1) is 12.8. The zero-order valence-electron chi connectivity index (χ0n) is 15.4. The normalized spacial score (nSPS) is 15.7. The van der Waals surface area contributed by atoms with Crippen LogP contribution in [0.5, 0.6) is 11.5 Å². The van der Waals surface area contributed by atoms with Crippen molar-refractivity contribution in [1.82, 2.24) is 4.72 Å². The molecule has 0 aliphatic carbocycles. The fourth-order valence-corrected chi connectivity index (χ4v) is 3.64. The van der Waals surface area contributed by atoms with Gasteiger partial charge in [0.2, 0.25) is 10.0 Å². The predicted molar refractivity (Wildman–Crippen MR) is 102 cm³/mol. The van der Waals surface area contributed by atoms with Gasteiger partial charge in [0.25, 0.3) is 5.91 Å². The van der Waals surface area contributed by atoms with Crippen molar-refractivity contribution in [3.63, 3.8) is 0 Å². The molecule has 7 nitrogen and oxygen atoms in total. The average molecular weight is 390 g/mol. The van der Waals surface area contributed by atoms with Gasteiger partial charge in [0.1, 0.15) is 17.6 Å². The lowest BCUT2D eigenvalue weighted by Gasteiger charge is -2.14. The molecule has 0 bridgehead atoms. The Labute approximate surface area is 158 Å². The Morgan fingerprint density at radius 3 is 2.59 bits per heavy atom. The summed E-state index contributed by atoms with van der Waals surface area (Å²) >= 11 is 0. The number of benzene rings is 2. The van der Waals surface area contributed by atoms with Crippen molar-refractivity contribution in [3.8, 4) is 11.5 Å². The van der Waals surface area contributed by atoms with E-state index in [2.05, 4.69) is 10.0 Å². The van der Waals surface area contributed by atoms with Crippen LogP contribution in [-0.2, 0) is 16.4 Å². The first-order valence-electron chi connectivity index (χ1n) is 8.65. The number of carbonyl (C=O) groups excluding carboxylic acids is 1. The molecule has 0 unspecified atom stereocenters. The van der Waals surface area contributed by atoms with Crippen LogP contribution >= 0.6 is 0 Å². The lowest BCUT2D eigenvalue weighted by Crippen LogP contribution is -2.19. The van der Waals surface area contributed by atoms with E-state index in [0.29, 0.717) is 23.6 Å².